The van der Waals surface area contributed by atoms with E-state index in [4.69, 9.17) is 0 Å². The van der Waals surface area contributed by atoms with Gasteiger partial charge in [-0.15, -0.1) is 0 Å². The molecule has 2 unspecified atom stereocenters. The minimum absolute atomic E-state index is 0.0593. The highest BCUT2D eigenvalue weighted by atomic mass is 32.2. The highest BCUT2D eigenvalue weighted by Crippen LogP contribution is 2.39. The van der Waals surface area contributed by atoms with Crippen LogP contribution in [-0.2, 0) is 30.6 Å². The van der Waals surface area contributed by atoms with Crippen molar-refractivity contribution in [2.75, 3.05) is 19.3 Å². The lowest BCUT2D eigenvalue weighted by Gasteiger charge is -2.47. The second kappa shape index (κ2) is 15.4. The zero-order valence-corrected chi connectivity index (χ0v) is 29.1. The molecule has 6 atom stereocenters. The van der Waals surface area contributed by atoms with Crippen LogP contribution >= 0.6 is 0 Å². The van der Waals surface area contributed by atoms with Crippen LogP contribution in [0.25, 0.3) is 0 Å². The molecule has 3 amide bonds. The largest absolute Gasteiger partial charge is 0.390 e. The van der Waals surface area contributed by atoms with Gasteiger partial charge in [0.2, 0.25) is 17.7 Å². The van der Waals surface area contributed by atoms with E-state index in [2.05, 4.69) is 20.9 Å². The topological polar surface area (TPSA) is 145 Å². The Morgan fingerprint density at radius 1 is 1.00 bits per heavy atom. The summed E-state index contributed by atoms with van der Waals surface area (Å²) < 4.78 is 24.0. The molecule has 2 aliphatic rings. The Labute approximate surface area is 270 Å². The molecule has 11 heteroatoms. The van der Waals surface area contributed by atoms with Crippen LogP contribution in [0.5, 0.6) is 0 Å². The third-order valence-electron chi connectivity index (χ3n) is 9.51. The average molecular weight is 649 g/mol. The van der Waals surface area contributed by atoms with Gasteiger partial charge in [-0.2, -0.15) is 0 Å². The molecule has 45 heavy (non-hydrogen) atoms. The fourth-order valence-electron chi connectivity index (χ4n) is 6.64. The van der Waals surface area contributed by atoms with Gasteiger partial charge in [0, 0.05) is 31.3 Å². The van der Waals surface area contributed by atoms with Crippen molar-refractivity contribution in [3.63, 3.8) is 0 Å². The zero-order chi connectivity index (χ0) is 33.6. The van der Waals surface area contributed by atoms with E-state index in [1.54, 1.807) is 0 Å². The lowest BCUT2D eigenvalue weighted by molar-refractivity contribution is -0.133. The Morgan fingerprint density at radius 3 is 2.20 bits per heavy atom. The van der Waals surface area contributed by atoms with Crippen molar-refractivity contribution in [1.82, 2.24) is 20.9 Å². The van der Waals surface area contributed by atoms with Crippen molar-refractivity contribution in [3.8, 4) is 0 Å². The number of hydrogen-bond donors (Lipinski definition) is 4. The van der Waals surface area contributed by atoms with Gasteiger partial charge in [-0.25, -0.2) is 8.42 Å². The fraction of sp³-hybridized carbons (Fsp3) is 0.735. The van der Waals surface area contributed by atoms with Crippen LogP contribution in [0.15, 0.2) is 30.3 Å². The minimum Gasteiger partial charge on any atom is -0.390 e. The van der Waals surface area contributed by atoms with Crippen LogP contribution in [0, 0.1) is 11.8 Å². The smallest absolute Gasteiger partial charge is 0.244 e. The van der Waals surface area contributed by atoms with Crippen molar-refractivity contribution in [1.29, 1.82) is 0 Å². The van der Waals surface area contributed by atoms with E-state index in [0.29, 0.717) is 24.8 Å². The summed E-state index contributed by atoms with van der Waals surface area (Å²) in [6, 6.07) is 6.85. The molecule has 0 bridgehead atoms. The molecule has 254 valence electrons. The maximum Gasteiger partial charge on any atom is 0.244 e. The average Bonchev–Trinajstić information content (AvgIpc) is 2.94. The number of nitrogens with zero attached hydrogens (tertiary/aromatic N) is 1. The first-order valence-corrected chi connectivity index (χ1v) is 18.4. The van der Waals surface area contributed by atoms with Crippen molar-refractivity contribution >= 4 is 27.6 Å². The first kappa shape index (κ1) is 37.0. The highest BCUT2D eigenvalue weighted by Gasteiger charge is 2.46. The number of aliphatic hydroxyl groups excluding tert-OH is 1. The maximum atomic E-state index is 13.9. The number of aliphatic hydroxyl groups is 1. The molecule has 0 spiro atoms. The third-order valence-corrected chi connectivity index (χ3v) is 11.7. The van der Waals surface area contributed by atoms with Crippen molar-refractivity contribution < 1.29 is 27.9 Å². The Morgan fingerprint density at radius 2 is 1.62 bits per heavy atom. The summed E-state index contributed by atoms with van der Waals surface area (Å²) in [4.78, 5) is 42.2. The van der Waals surface area contributed by atoms with Gasteiger partial charge in [-0.3, -0.25) is 19.3 Å². The summed E-state index contributed by atoms with van der Waals surface area (Å²) in [6.45, 7) is 11.4. The van der Waals surface area contributed by atoms with Gasteiger partial charge in [0.15, 0.2) is 9.84 Å². The number of carbonyl (C=O) groups is 3. The van der Waals surface area contributed by atoms with E-state index in [0.717, 1.165) is 37.5 Å². The normalized spacial score (nSPS) is 23.2. The number of likely N-dealkylation sites (tertiary alicyclic amines) is 1. The van der Waals surface area contributed by atoms with E-state index in [9.17, 15) is 27.9 Å². The molecule has 0 radical (unpaired) electrons. The first-order valence-electron chi connectivity index (χ1n) is 16.5. The number of sulfone groups is 1. The predicted molar refractivity (Wildman–Crippen MR) is 177 cm³/mol. The second-order valence-corrected chi connectivity index (χ2v) is 17.3. The van der Waals surface area contributed by atoms with Gasteiger partial charge >= 0.3 is 0 Å². The zero-order valence-electron chi connectivity index (χ0n) is 28.3. The van der Waals surface area contributed by atoms with Crippen molar-refractivity contribution in [3.05, 3.63) is 35.9 Å². The number of fused-ring (bicyclic) bond motifs is 1. The number of amides is 3. The van der Waals surface area contributed by atoms with Crippen molar-refractivity contribution in [2.45, 2.75) is 127 Å². The van der Waals surface area contributed by atoms with Crippen LogP contribution in [-0.4, -0.2) is 90.0 Å². The fourth-order valence-corrected chi connectivity index (χ4v) is 7.24. The lowest BCUT2D eigenvalue weighted by atomic mass is 9.72. The predicted octanol–water partition coefficient (Wildman–Crippen LogP) is 2.98. The molecular formula is C34H56N4O6S. The Balaban J connectivity index is 1.91. The van der Waals surface area contributed by atoms with E-state index >= 15 is 0 Å². The van der Waals surface area contributed by atoms with Crippen LogP contribution in [0.1, 0.15) is 92.1 Å². The molecule has 1 heterocycles. The molecule has 2 fully saturated rings. The third kappa shape index (κ3) is 10.2. The second-order valence-electron chi connectivity index (χ2n) is 14.7. The van der Waals surface area contributed by atoms with Gasteiger partial charge in [0.1, 0.15) is 6.04 Å². The first-order chi connectivity index (χ1) is 20.9. The van der Waals surface area contributed by atoms with Crippen molar-refractivity contribution in [2.24, 2.45) is 11.8 Å². The summed E-state index contributed by atoms with van der Waals surface area (Å²) in [5, 5.41) is 20.5. The number of hydrogen-bond acceptors (Lipinski definition) is 7. The summed E-state index contributed by atoms with van der Waals surface area (Å²) in [7, 11) is -3.78. The molecule has 0 aromatic heterocycles. The summed E-state index contributed by atoms with van der Waals surface area (Å²) >= 11 is 0. The number of benzene rings is 1. The molecule has 1 aliphatic heterocycles. The number of β-amino-alcohol motifs (C(OH)–C–C–N with tert-alkyl or cyclic N) is 1. The molecular weight excluding hydrogens is 592 g/mol. The molecule has 1 aromatic rings. The summed E-state index contributed by atoms with van der Waals surface area (Å²) in [5.74, 6) is -0.245. The number of carbonyl (C=O) groups excluding carboxylic acids is 3. The maximum absolute atomic E-state index is 13.9. The minimum atomic E-state index is -3.78. The molecule has 1 aliphatic carbocycles. The lowest BCUT2D eigenvalue weighted by Crippen LogP contribution is -2.64. The van der Waals surface area contributed by atoms with Gasteiger partial charge in [-0.05, 0) is 77.7 Å². The van der Waals surface area contributed by atoms with Crippen LogP contribution < -0.4 is 16.0 Å². The Bertz CT molecular complexity index is 1260. The van der Waals surface area contributed by atoms with Gasteiger partial charge < -0.3 is 21.1 Å². The molecule has 10 nitrogen and oxygen atoms in total. The SMILES string of the molecule is CCCC(=O)N[C@H](C(=O)N[C@@H](Cc1ccccc1)[C@H](O)CN1CC2CCCCC2C[C@H]1C(=O)NC(C)(C)C)C(C)(C)S(C)(=O)=O. The van der Waals surface area contributed by atoms with Gasteiger partial charge in [0.25, 0.3) is 0 Å². The van der Waals surface area contributed by atoms with E-state index in [1.165, 1.54) is 20.3 Å². The Hall–Kier alpha value is -2.50. The van der Waals surface area contributed by atoms with Crippen LogP contribution in [0.2, 0.25) is 0 Å². The van der Waals surface area contributed by atoms with Crippen LogP contribution in [0.3, 0.4) is 0 Å². The van der Waals surface area contributed by atoms with Gasteiger partial charge in [0.05, 0.1) is 22.9 Å². The molecule has 1 aromatic carbocycles. The molecule has 3 rings (SSSR count). The molecule has 1 saturated carbocycles. The molecule has 4 N–H and O–H groups in total. The van der Waals surface area contributed by atoms with Crippen LogP contribution in [0.4, 0.5) is 0 Å². The number of nitrogens with one attached hydrogen (secondary N) is 3. The van der Waals surface area contributed by atoms with E-state index < -0.39 is 56.2 Å². The standard InChI is InChI=1S/C34H56N4O6S/c1-8-14-29(40)36-30(34(5,6)45(7,43)44)32(42)35-26(19-23-15-10-9-11-16-23)28(39)22-38-21-25-18-13-12-17-24(25)20-27(38)31(41)37-33(2,3)4/h9-11,15-16,24-28,30,39H,8,12-14,17-22H2,1-7H3,(H,35,42)(H,36,40)(H,37,41)/t24?,25?,26-,27-,28+,30+/m0/s1. The van der Waals surface area contributed by atoms with E-state index in [1.807, 2.05) is 58.0 Å². The quantitative estimate of drug-likeness (QED) is 0.257. The number of piperidine rings is 1. The monoisotopic (exact) mass is 648 g/mol. The summed E-state index contributed by atoms with van der Waals surface area (Å²) in [6.07, 6.45) is 6.19. The van der Waals surface area contributed by atoms with E-state index in [-0.39, 0.29) is 25.3 Å². The Kier molecular flexibility index (Phi) is 12.6. The number of rotatable bonds is 13. The highest BCUT2D eigenvalue weighted by molar-refractivity contribution is 7.92. The molecule has 1 saturated heterocycles. The van der Waals surface area contributed by atoms with Gasteiger partial charge in [-0.1, -0.05) is 56.5 Å². The summed E-state index contributed by atoms with van der Waals surface area (Å²) in [5.41, 5.74) is 0.474.